The summed E-state index contributed by atoms with van der Waals surface area (Å²) in [6.07, 6.45) is 1.49. The van der Waals surface area contributed by atoms with Crippen molar-refractivity contribution in [2.45, 2.75) is 26.3 Å². The predicted octanol–water partition coefficient (Wildman–Crippen LogP) is 2.92. The molecule has 0 saturated carbocycles. The van der Waals surface area contributed by atoms with Gasteiger partial charge in [0.15, 0.2) is 11.5 Å². The maximum atomic E-state index is 12.4. The Morgan fingerprint density at radius 3 is 2.43 bits per heavy atom. The summed E-state index contributed by atoms with van der Waals surface area (Å²) in [5, 5.41) is 2.48. The average molecular weight is 403 g/mol. The van der Waals surface area contributed by atoms with Crippen LogP contribution in [0.2, 0.25) is 0 Å². The van der Waals surface area contributed by atoms with Crippen LogP contribution in [-0.2, 0) is 16.1 Å². The van der Waals surface area contributed by atoms with Crippen LogP contribution in [0.5, 0.6) is 11.5 Å². The van der Waals surface area contributed by atoms with E-state index >= 15 is 0 Å². The first-order valence-corrected chi connectivity index (χ1v) is 9.72. The number of carbonyl (C=O) groups excluding carboxylic acids is 3. The van der Waals surface area contributed by atoms with Crippen LogP contribution in [0.1, 0.15) is 25.5 Å². The highest BCUT2D eigenvalue weighted by Crippen LogP contribution is 2.33. The average Bonchev–Trinajstić information content (AvgIpc) is 3.26. The van der Waals surface area contributed by atoms with Gasteiger partial charge in [-0.2, -0.15) is 0 Å². The normalized spacial score (nSPS) is 14.2. The van der Waals surface area contributed by atoms with Gasteiger partial charge in [0.1, 0.15) is 5.01 Å². The Bertz CT molecular complexity index is 911. The zero-order valence-electron chi connectivity index (χ0n) is 15.9. The number of carbonyl (C=O) groups is 3. The standard InChI is InChI=1S/C19H21N3O5S/c1-4-5-8-21-17(23)18(24)22(19(21)25)10-13-11-28-16(20-13)12-6-7-14(26-2)15(9-12)27-3/h6-7,9,11H,4-5,8,10H2,1-3H3. The number of benzene rings is 1. The molecule has 4 amide bonds. The molecule has 1 saturated heterocycles. The molecule has 148 valence electrons. The number of thiazole rings is 1. The first-order valence-electron chi connectivity index (χ1n) is 8.84. The van der Waals surface area contributed by atoms with E-state index in [-0.39, 0.29) is 13.1 Å². The third-order valence-electron chi connectivity index (χ3n) is 4.37. The summed E-state index contributed by atoms with van der Waals surface area (Å²) in [6, 6.07) is 4.87. The van der Waals surface area contributed by atoms with Gasteiger partial charge in [0.2, 0.25) is 0 Å². The second-order valence-electron chi connectivity index (χ2n) is 6.20. The Morgan fingerprint density at radius 1 is 1.04 bits per heavy atom. The highest BCUT2D eigenvalue weighted by atomic mass is 32.1. The van der Waals surface area contributed by atoms with Crippen LogP contribution in [0.25, 0.3) is 10.6 Å². The van der Waals surface area contributed by atoms with E-state index in [9.17, 15) is 14.4 Å². The molecule has 9 heteroatoms. The van der Waals surface area contributed by atoms with E-state index in [1.807, 2.05) is 19.1 Å². The summed E-state index contributed by atoms with van der Waals surface area (Å²) in [6.45, 7) is 2.18. The number of aromatic nitrogens is 1. The third kappa shape index (κ3) is 3.70. The Hall–Kier alpha value is -2.94. The molecule has 0 unspecified atom stereocenters. The van der Waals surface area contributed by atoms with Crippen LogP contribution >= 0.6 is 11.3 Å². The maximum absolute atomic E-state index is 12.4. The highest BCUT2D eigenvalue weighted by molar-refractivity contribution is 7.13. The fraction of sp³-hybridized carbons (Fsp3) is 0.368. The molecule has 1 fully saturated rings. The van der Waals surface area contributed by atoms with Crippen molar-refractivity contribution >= 4 is 29.2 Å². The van der Waals surface area contributed by atoms with Crippen molar-refractivity contribution in [2.24, 2.45) is 0 Å². The molecule has 1 aromatic carbocycles. The maximum Gasteiger partial charge on any atom is 0.334 e. The number of methoxy groups -OCH3 is 2. The number of amides is 4. The van der Waals surface area contributed by atoms with Crippen molar-refractivity contribution in [2.75, 3.05) is 20.8 Å². The molecular formula is C19H21N3O5S. The molecule has 2 aromatic rings. The smallest absolute Gasteiger partial charge is 0.334 e. The van der Waals surface area contributed by atoms with Gasteiger partial charge in [0, 0.05) is 17.5 Å². The molecule has 28 heavy (non-hydrogen) atoms. The lowest BCUT2D eigenvalue weighted by Gasteiger charge is -2.14. The summed E-state index contributed by atoms with van der Waals surface area (Å²) >= 11 is 1.38. The van der Waals surface area contributed by atoms with Crippen LogP contribution in [0.4, 0.5) is 4.79 Å². The number of rotatable bonds is 8. The van der Waals surface area contributed by atoms with Crippen molar-refractivity contribution in [3.05, 3.63) is 29.3 Å². The number of ether oxygens (including phenoxy) is 2. The fourth-order valence-electron chi connectivity index (χ4n) is 2.85. The molecule has 2 heterocycles. The lowest BCUT2D eigenvalue weighted by Crippen LogP contribution is -2.33. The minimum atomic E-state index is -0.804. The molecule has 8 nitrogen and oxygen atoms in total. The van der Waals surface area contributed by atoms with Crippen LogP contribution in [0.15, 0.2) is 23.6 Å². The zero-order chi connectivity index (χ0) is 20.3. The fourth-order valence-corrected chi connectivity index (χ4v) is 3.65. The Balaban J connectivity index is 1.77. The van der Waals surface area contributed by atoms with Crippen molar-refractivity contribution in [1.29, 1.82) is 0 Å². The van der Waals surface area contributed by atoms with Gasteiger partial charge in [-0.3, -0.25) is 14.5 Å². The summed E-state index contributed by atoms with van der Waals surface area (Å²) in [4.78, 5) is 43.1. The quantitative estimate of drug-likeness (QED) is 0.497. The second kappa shape index (κ2) is 8.39. The van der Waals surface area contributed by atoms with Gasteiger partial charge in [-0.1, -0.05) is 13.3 Å². The Kier molecular flexibility index (Phi) is 5.93. The molecule has 3 rings (SSSR count). The molecule has 0 radical (unpaired) electrons. The number of nitrogens with zero attached hydrogens (tertiary/aromatic N) is 3. The molecule has 0 bridgehead atoms. The van der Waals surface area contributed by atoms with Crippen molar-refractivity contribution < 1.29 is 23.9 Å². The summed E-state index contributed by atoms with van der Waals surface area (Å²) in [7, 11) is 3.12. The second-order valence-corrected chi connectivity index (χ2v) is 7.06. The molecule has 0 spiro atoms. The number of hydrogen-bond acceptors (Lipinski definition) is 7. The highest BCUT2D eigenvalue weighted by Gasteiger charge is 2.44. The number of unbranched alkanes of at least 4 members (excludes halogenated alkanes) is 1. The van der Waals surface area contributed by atoms with E-state index in [0.29, 0.717) is 28.6 Å². The van der Waals surface area contributed by atoms with Crippen LogP contribution in [0, 0.1) is 0 Å². The van der Waals surface area contributed by atoms with Crippen LogP contribution in [0.3, 0.4) is 0 Å². The first-order chi connectivity index (χ1) is 13.5. The third-order valence-corrected chi connectivity index (χ3v) is 5.31. The summed E-state index contributed by atoms with van der Waals surface area (Å²) in [5.41, 5.74) is 1.37. The van der Waals surface area contributed by atoms with Crippen molar-refractivity contribution in [3.8, 4) is 22.1 Å². The van der Waals surface area contributed by atoms with Gasteiger partial charge in [-0.25, -0.2) is 14.7 Å². The molecular weight excluding hydrogens is 382 g/mol. The molecule has 0 atom stereocenters. The molecule has 1 aliphatic heterocycles. The van der Waals surface area contributed by atoms with Crippen molar-refractivity contribution in [3.63, 3.8) is 0 Å². The number of urea groups is 1. The lowest BCUT2D eigenvalue weighted by molar-refractivity contribution is -0.143. The molecule has 0 aliphatic carbocycles. The largest absolute Gasteiger partial charge is 0.493 e. The van der Waals surface area contributed by atoms with E-state index in [2.05, 4.69) is 4.98 Å². The monoisotopic (exact) mass is 403 g/mol. The minimum absolute atomic E-state index is 0.0319. The van der Waals surface area contributed by atoms with E-state index in [0.717, 1.165) is 21.8 Å². The van der Waals surface area contributed by atoms with Gasteiger partial charge in [-0.15, -0.1) is 11.3 Å². The van der Waals surface area contributed by atoms with Crippen molar-refractivity contribution in [1.82, 2.24) is 14.8 Å². The van der Waals surface area contributed by atoms with Gasteiger partial charge < -0.3 is 9.47 Å². The van der Waals surface area contributed by atoms with E-state index in [1.54, 1.807) is 25.7 Å². The Labute approximate surface area is 166 Å². The predicted molar refractivity (Wildman–Crippen MR) is 103 cm³/mol. The summed E-state index contributed by atoms with van der Waals surface area (Å²) in [5.74, 6) is -0.378. The van der Waals surface area contributed by atoms with Crippen LogP contribution < -0.4 is 9.47 Å². The van der Waals surface area contributed by atoms with E-state index in [1.165, 1.54) is 11.3 Å². The van der Waals surface area contributed by atoms with Gasteiger partial charge in [0.05, 0.1) is 26.5 Å². The minimum Gasteiger partial charge on any atom is -0.493 e. The topological polar surface area (TPSA) is 89.0 Å². The zero-order valence-corrected chi connectivity index (χ0v) is 16.7. The number of hydrogen-bond donors (Lipinski definition) is 0. The van der Waals surface area contributed by atoms with E-state index in [4.69, 9.17) is 9.47 Å². The molecule has 1 aromatic heterocycles. The molecule has 1 aliphatic rings. The first kappa shape index (κ1) is 19.8. The number of imide groups is 2. The van der Waals surface area contributed by atoms with Gasteiger partial charge >= 0.3 is 17.8 Å². The van der Waals surface area contributed by atoms with E-state index < -0.39 is 17.8 Å². The van der Waals surface area contributed by atoms with Gasteiger partial charge in [0.25, 0.3) is 0 Å². The van der Waals surface area contributed by atoms with Crippen LogP contribution in [-0.4, -0.2) is 53.4 Å². The lowest BCUT2D eigenvalue weighted by atomic mass is 10.2. The Morgan fingerprint density at radius 2 is 1.75 bits per heavy atom. The SMILES string of the molecule is CCCCN1C(=O)C(=O)N(Cc2csc(-c3ccc(OC)c(OC)c3)n2)C1=O. The summed E-state index contributed by atoms with van der Waals surface area (Å²) < 4.78 is 10.5. The van der Waals surface area contributed by atoms with Gasteiger partial charge in [-0.05, 0) is 24.6 Å². The molecule has 0 N–H and O–H groups in total.